The molecule has 0 N–H and O–H groups in total. The van der Waals surface area contributed by atoms with Crippen molar-refractivity contribution in [2.75, 3.05) is 0 Å². The third kappa shape index (κ3) is 4.71. The maximum absolute atomic E-state index is 12.4. The van der Waals surface area contributed by atoms with E-state index in [0.29, 0.717) is 21.5 Å². The summed E-state index contributed by atoms with van der Waals surface area (Å²) in [4.78, 5) is 12.4. The molecule has 25 heavy (non-hydrogen) atoms. The van der Waals surface area contributed by atoms with Gasteiger partial charge >= 0.3 is 0 Å². The lowest BCUT2D eigenvalue weighted by Crippen LogP contribution is -2.16. The molecule has 128 valence electrons. The minimum atomic E-state index is -1.34. The Morgan fingerprint density at radius 2 is 1.80 bits per heavy atom. The Hall–Kier alpha value is -1.64. The van der Waals surface area contributed by atoms with Crippen molar-refractivity contribution in [3.63, 3.8) is 0 Å². The van der Waals surface area contributed by atoms with E-state index < -0.39 is 11.8 Å². The van der Waals surface area contributed by atoms with Crippen molar-refractivity contribution < 1.29 is 4.79 Å². The van der Waals surface area contributed by atoms with Gasteiger partial charge in [0.25, 0.3) is 0 Å². The van der Waals surface area contributed by atoms with Crippen LogP contribution in [-0.4, -0.2) is 11.8 Å². The molecule has 0 aliphatic rings. The first-order chi connectivity index (χ1) is 11.9. The predicted octanol–water partition coefficient (Wildman–Crippen LogP) is 6.72. The third-order valence-electron chi connectivity index (χ3n) is 3.35. The van der Waals surface area contributed by atoms with Gasteiger partial charge in [0.1, 0.15) is 5.69 Å². The Morgan fingerprint density at radius 3 is 2.40 bits per heavy atom. The van der Waals surface area contributed by atoms with E-state index in [4.69, 9.17) is 46.4 Å². The quantitative estimate of drug-likeness (QED) is 0.402. The van der Waals surface area contributed by atoms with Crippen molar-refractivity contribution in [2.24, 2.45) is 10.2 Å². The van der Waals surface area contributed by atoms with Crippen LogP contribution in [0.3, 0.4) is 0 Å². The molecule has 0 spiro atoms. The maximum atomic E-state index is 12.4. The topological polar surface area (TPSA) is 65.6 Å². The van der Waals surface area contributed by atoms with Crippen LogP contribution in [0.15, 0.2) is 40.6 Å². The van der Waals surface area contributed by atoms with Gasteiger partial charge in [-0.3, -0.25) is 4.79 Å². The zero-order valence-electron chi connectivity index (χ0n) is 12.9. The van der Waals surface area contributed by atoms with Crippen LogP contribution in [0.5, 0.6) is 0 Å². The van der Waals surface area contributed by atoms with Gasteiger partial charge in [0, 0.05) is 10.6 Å². The molecular formula is C17H11Cl4N3O. The minimum Gasteiger partial charge on any atom is -0.290 e. The van der Waals surface area contributed by atoms with Gasteiger partial charge < -0.3 is 0 Å². The Bertz CT molecular complexity index is 890. The van der Waals surface area contributed by atoms with Crippen molar-refractivity contribution in [1.29, 1.82) is 5.26 Å². The molecule has 0 bridgehead atoms. The Balaban J connectivity index is 2.29. The van der Waals surface area contributed by atoms with Crippen LogP contribution in [0.1, 0.15) is 22.8 Å². The van der Waals surface area contributed by atoms with Crippen LogP contribution in [-0.2, 0) is 6.42 Å². The summed E-state index contributed by atoms with van der Waals surface area (Å²) < 4.78 is 0. The van der Waals surface area contributed by atoms with E-state index in [2.05, 4.69) is 10.2 Å². The lowest BCUT2D eigenvalue weighted by Gasteiger charge is -2.06. The van der Waals surface area contributed by atoms with E-state index in [1.54, 1.807) is 18.2 Å². The summed E-state index contributed by atoms with van der Waals surface area (Å²) in [6.07, 6.45) is 0.715. The van der Waals surface area contributed by atoms with Crippen molar-refractivity contribution in [1.82, 2.24) is 0 Å². The standard InChI is InChI=1S/C17H11Cl4N3O/c1-2-9-5-14(21)15(7-12(9)19)23-24-16(8-22)17(25)10-3-4-11(18)13(20)6-10/h3-7,16H,2H2,1H3. The van der Waals surface area contributed by atoms with E-state index >= 15 is 0 Å². The van der Waals surface area contributed by atoms with Gasteiger partial charge in [-0.1, -0.05) is 53.3 Å². The highest BCUT2D eigenvalue weighted by molar-refractivity contribution is 6.42. The molecular weight excluding hydrogens is 404 g/mol. The number of carbonyl (C=O) groups excluding carboxylic acids is 1. The van der Waals surface area contributed by atoms with E-state index in [-0.39, 0.29) is 16.3 Å². The maximum Gasteiger partial charge on any atom is 0.219 e. The van der Waals surface area contributed by atoms with Gasteiger partial charge in [-0.2, -0.15) is 15.5 Å². The number of hydrogen-bond donors (Lipinski definition) is 0. The molecule has 0 heterocycles. The van der Waals surface area contributed by atoms with Gasteiger partial charge in [-0.05, 0) is 42.3 Å². The number of nitrogens with zero attached hydrogens (tertiary/aromatic N) is 3. The number of aryl methyl sites for hydroxylation is 1. The second-order valence-corrected chi connectivity index (χ2v) is 6.62. The number of halogens is 4. The van der Waals surface area contributed by atoms with Crippen LogP contribution < -0.4 is 0 Å². The fourth-order valence-corrected chi connectivity index (χ4v) is 2.80. The molecule has 4 nitrogen and oxygen atoms in total. The molecule has 1 unspecified atom stereocenters. The molecule has 2 aromatic rings. The van der Waals surface area contributed by atoms with Gasteiger partial charge in [0.15, 0.2) is 0 Å². The van der Waals surface area contributed by atoms with Crippen molar-refractivity contribution >= 4 is 57.9 Å². The molecule has 8 heteroatoms. The highest BCUT2D eigenvalue weighted by Crippen LogP contribution is 2.32. The Kier molecular flexibility index (Phi) is 6.80. The third-order valence-corrected chi connectivity index (χ3v) is 4.75. The summed E-state index contributed by atoms with van der Waals surface area (Å²) in [5, 5.41) is 18.3. The number of ketones is 1. The van der Waals surface area contributed by atoms with Crippen molar-refractivity contribution in [3.8, 4) is 6.07 Å². The molecule has 0 saturated carbocycles. The molecule has 1 atom stereocenters. The summed E-state index contributed by atoms with van der Waals surface area (Å²) in [6.45, 7) is 1.94. The van der Waals surface area contributed by atoms with Crippen LogP contribution in [0, 0.1) is 11.3 Å². The minimum absolute atomic E-state index is 0.213. The zero-order valence-corrected chi connectivity index (χ0v) is 16.0. The fourth-order valence-electron chi connectivity index (χ4n) is 1.99. The molecule has 0 fully saturated rings. The molecule has 2 rings (SSSR count). The first kappa shape index (κ1) is 19.7. The lowest BCUT2D eigenvalue weighted by atomic mass is 10.1. The zero-order chi connectivity index (χ0) is 18.6. The van der Waals surface area contributed by atoms with E-state index in [1.165, 1.54) is 18.2 Å². The van der Waals surface area contributed by atoms with E-state index in [9.17, 15) is 10.1 Å². The summed E-state index contributed by atoms with van der Waals surface area (Å²) in [5.41, 5.74) is 1.37. The average molecular weight is 415 g/mol. The van der Waals surface area contributed by atoms with E-state index in [1.807, 2.05) is 6.92 Å². The fraction of sp³-hybridized carbons (Fsp3) is 0.176. The predicted molar refractivity (Wildman–Crippen MR) is 101 cm³/mol. The van der Waals surface area contributed by atoms with Gasteiger partial charge in [-0.25, -0.2) is 0 Å². The first-order valence-electron chi connectivity index (χ1n) is 7.15. The number of benzene rings is 2. The molecule has 0 radical (unpaired) electrons. The second kappa shape index (κ2) is 8.64. The summed E-state index contributed by atoms with van der Waals surface area (Å²) in [5.74, 6) is -0.544. The normalized spacial score (nSPS) is 12.2. The second-order valence-electron chi connectivity index (χ2n) is 4.99. The summed E-state index contributed by atoms with van der Waals surface area (Å²) in [6, 6.07) is 8.02. The number of carbonyl (C=O) groups is 1. The number of hydrogen-bond acceptors (Lipinski definition) is 4. The number of azo groups is 1. The smallest absolute Gasteiger partial charge is 0.219 e. The number of rotatable bonds is 5. The molecule has 0 aliphatic carbocycles. The van der Waals surface area contributed by atoms with E-state index in [0.717, 1.165) is 5.56 Å². The number of nitriles is 1. The van der Waals surface area contributed by atoms with Crippen molar-refractivity contribution in [3.05, 3.63) is 61.5 Å². The van der Waals surface area contributed by atoms with Crippen molar-refractivity contribution in [2.45, 2.75) is 19.4 Å². The Morgan fingerprint density at radius 1 is 1.08 bits per heavy atom. The van der Waals surface area contributed by atoms with Crippen LogP contribution in [0.25, 0.3) is 0 Å². The molecule has 2 aromatic carbocycles. The first-order valence-corrected chi connectivity index (χ1v) is 8.66. The lowest BCUT2D eigenvalue weighted by molar-refractivity contribution is 0.0979. The molecule has 0 aromatic heterocycles. The monoisotopic (exact) mass is 413 g/mol. The van der Waals surface area contributed by atoms with Crippen LogP contribution >= 0.6 is 46.4 Å². The van der Waals surface area contributed by atoms with Gasteiger partial charge in [0.2, 0.25) is 11.8 Å². The SMILES string of the molecule is CCc1cc(Cl)c(N=NC(C#N)C(=O)c2ccc(Cl)c(Cl)c2)cc1Cl. The largest absolute Gasteiger partial charge is 0.290 e. The van der Waals surface area contributed by atoms with Crippen LogP contribution in [0.4, 0.5) is 5.69 Å². The highest BCUT2D eigenvalue weighted by Gasteiger charge is 2.20. The average Bonchev–Trinajstić information content (AvgIpc) is 2.60. The van der Waals surface area contributed by atoms with Gasteiger partial charge in [-0.15, -0.1) is 0 Å². The number of Topliss-reactive ketones (excluding diaryl/α,β-unsaturated/α-hetero) is 1. The molecule has 0 saturated heterocycles. The highest BCUT2D eigenvalue weighted by atomic mass is 35.5. The van der Waals surface area contributed by atoms with Gasteiger partial charge in [0.05, 0.1) is 21.1 Å². The summed E-state index contributed by atoms with van der Waals surface area (Å²) >= 11 is 24.0. The summed E-state index contributed by atoms with van der Waals surface area (Å²) in [7, 11) is 0. The molecule has 0 aliphatic heterocycles. The molecule has 0 amide bonds. The Labute approximate surface area is 165 Å². The van der Waals surface area contributed by atoms with Crippen LogP contribution in [0.2, 0.25) is 20.1 Å².